The van der Waals surface area contributed by atoms with Crippen molar-refractivity contribution in [1.29, 1.82) is 0 Å². The lowest BCUT2D eigenvalue weighted by Crippen LogP contribution is -2.31. The van der Waals surface area contributed by atoms with Gasteiger partial charge >= 0.3 is 0 Å². The lowest BCUT2D eigenvalue weighted by atomic mass is 10.1. The fourth-order valence-corrected chi connectivity index (χ4v) is 2.68. The van der Waals surface area contributed by atoms with Gasteiger partial charge in [0.1, 0.15) is 5.75 Å². The number of rotatable bonds is 6. The molecule has 1 unspecified atom stereocenters. The highest BCUT2D eigenvalue weighted by molar-refractivity contribution is 6.31. The van der Waals surface area contributed by atoms with Gasteiger partial charge in [-0.05, 0) is 42.8 Å². The Morgan fingerprint density at radius 2 is 2.00 bits per heavy atom. The number of amides is 2. The Balaban J connectivity index is 1.60. The summed E-state index contributed by atoms with van der Waals surface area (Å²) < 4.78 is 16.0. The van der Waals surface area contributed by atoms with E-state index in [1.807, 2.05) is 19.1 Å². The van der Waals surface area contributed by atoms with E-state index in [-0.39, 0.29) is 36.7 Å². The fraction of sp³-hybridized carbons (Fsp3) is 0.222. The third-order valence-electron chi connectivity index (χ3n) is 3.84. The number of nitrogens with one attached hydrogen (secondary N) is 1. The molecule has 7 nitrogen and oxygen atoms in total. The van der Waals surface area contributed by atoms with Crippen LogP contribution >= 0.6 is 11.6 Å². The Morgan fingerprint density at radius 1 is 1.23 bits per heavy atom. The molecule has 0 aromatic heterocycles. The van der Waals surface area contributed by atoms with E-state index in [9.17, 15) is 9.59 Å². The van der Waals surface area contributed by atoms with Gasteiger partial charge in [-0.2, -0.15) is 0 Å². The van der Waals surface area contributed by atoms with Crippen LogP contribution in [0.5, 0.6) is 17.2 Å². The molecule has 0 fully saturated rings. The van der Waals surface area contributed by atoms with Crippen molar-refractivity contribution in [2.45, 2.75) is 13.0 Å². The summed E-state index contributed by atoms with van der Waals surface area (Å²) in [4.78, 5) is 23.6. The summed E-state index contributed by atoms with van der Waals surface area (Å²) in [7, 11) is 0. The summed E-state index contributed by atoms with van der Waals surface area (Å²) in [6.07, 6.45) is 0. The number of halogens is 1. The minimum atomic E-state index is -0.684. The third kappa shape index (κ3) is 4.00. The van der Waals surface area contributed by atoms with Crippen LogP contribution in [0.4, 0.5) is 0 Å². The molecule has 0 saturated carbocycles. The minimum absolute atomic E-state index is 0.120. The van der Waals surface area contributed by atoms with Gasteiger partial charge in [0.05, 0.1) is 11.6 Å². The number of fused-ring (bicyclic) bond motifs is 1. The first kappa shape index (κ1) is 17.9. The van der Waals surface area contributed by atoms with Crippen molar-refractivity contribution in [3.05, 3.63) is 52.5 Å². The Morgan fingerprint density at radius 3 is 2.77 bits per heavy atom. The number of carbonyl (C=O) groups excluding carboxylic acids is 2. The summed E-state index contributed by atoms with van der Waals surface area (Å²) in [6.45, 7) is 1.76. The van der Waals surface area contributed by atoms with E-state index < -0.39 is 5.91 Å². The molecule has 2 aromatic rings. The van der Waals surface area contributed by atoms with E-state index in [0.29, 0.717) is 16.5 Å². The Bertz CT molecular complexity index is 855. The number of carbonyl (C=O) groups is 2. The first-order valence-corrected chi connectivity index (χ1v) is 8.23. The second kappa shape index (κ2) is 7.53. The van der Waals surface area contributed by atoms with E-state index >= 15 is 0 Å². The molecule has 8 heteroatoms. The average Bonchev–Trinajstić information content (AvgIpc) is 3.08. The second-order valence-electron chi connectivity index (χ2n) is 5.70. The maximum atomic E-state index is 12.1. The maximum Gasteiger partial charge on any atom is 0.258 e. The predicted octanol–water partition coefficient (Wildman–Crippen LogP) is 2.42. The SMILES string of the molecule is CC(NC(=O)COc1ccc(Cl)cc1C(N)=O)c1ccc2c(c1)OCO2. The maximum absolute atomic E-state index is 12.1. The topological polar surface area (TPSA) is 99.9 Å². The molecule has 136 valence electrons. The Kier molecular flexibility index (Phi) is 5.18. The van der Waals surface area contributed by atoms with Crippen molar-refractivity contribution in [3.63, 3.8) is 0 Å². The van der Waals surface area contributed by atoms with E-state index in [0.717, 1.165) is 5.56 Å². The zero-order chi connectivity index (χ0) is 18.7. The lowest BCUT2D eigenvalue weighted by molar-refractivity contribution is -0.123. The van der Waals surface area contributed by atoms with Crippen LogP contribution in [0.1, 0.15) is 28.9 Å². The highest BCUT2D eigenvalue weighted by atomic mass is 35.5. The van der Waals surface area contributed by atoms with Gasteiger partial charge in [0, 0.05) is 5.02 Å². The van der Waals surface area contributed by atoms with Crippen molar-refractivity contribution in [2.75, 3.05) is 13.4 Å². The van der Waals surface area contributed by atoms with Crippen LogP contribution in [0.3, 0.4) is 0 Å². The number of ether oxygens (including phenoxy) is 3. The van der Waals surface area contributed by atoms with Crippen molar-refractivity contribution >= 4 is 23.4 Å². The van der Waals surface area contributed by atoms with Gasteiger partial charge in [0.2, 0.25) is 6.79 Å². The number of hydrogen-bond acceptors (Lipinski definition) is 5. The smallest absolute Gasteiger partial charge is 0.258 e. The third-order valence-corrected chi connectivity index (χ3v) is 4.08. The van der Waals surface area contributed by atoms with Gasteiger partial charge in [-0.15, -0.1) is 0 Å². The molecular weight excluding hydrogens is 360 g/mol. The summed E-state index contributed by atoms with van der Waals surface area (Å²) in [5.41, 5.74) is 6.28. The summed E-state index contributed by atoms with van der Waals surface area (Å²) in [5, 5.41) is 3.17. The molecule has 0 saturated heterocycles. The molecule has 3 N–H and O–H groups in total. The molecule has 3 rings (SSSR count). The second-order valence-corrected chi connectivity index (χ2v) is 6.13. The largest absolute Gasteiger partial charge is 0.483 e. The summed E-state index contributed by atoms with van der Waals surface area (Å²) >= 11 is 5.84. The number of hydrogen-bond donors (Lipinski definition) is 2. The zero-order valence-electron chi connectivity index (χ0n) is 14.0. The normalized spacial score (nSPS) is 13.2. The highest BCUT2D eigenvalue weighted by Gasteiger charge is 2.17. The van der Waals surface area contributed by atoms with Crippen LogP contribution in [-0.4, -0.2) is 25.2 Å². The fourth-order valence-electron chi connectivity index (χ4n) is 2.51. The van der Waals surface area contributed by atoms with Crippen molar-refractivity contribution in [2.24, 2.45) is 5.73 Å². The molecule has 2 amide bonds. The summed E-state index contributed by atoms with van der Waals surface area (Å²) in [6, 6.07) is 9.65. The van der Waals surface area contributed by atoms with E-state index in [1.165, 1.54) is 12.1 Å². The molecule has 1 aliphatic heterocycles. The average molecular weight is 377 g/mol. The van der Waals surface area contributed by atoms with E-state index in [1.54, 1.807) is 12.1 Å². The summed E-state index contributed by atoms with van der Waals surface area (Å²) in [5.74, 6) is 0.495. The first-order valence-electron chi connectivity index (χ1n) is 7.85. The van der Waals surface area contributed by atoms with Crippen molar-refractivity contribution < 1.29 is 23.8 Å². The molecule has 2 aromatic carbocycles. The highest BCUT2D eigenvalue weighted by Crippen LogP contribution is 2.34. The van der Waals surface area contributed by atoms with Crippen molar-refractivity contribution in [1.82, 2.24) is 5.32 Å². The first-order chi connectivity index (χ1) is 12.4. The molecule has 0 spiro atoms. The molecule has 0 bridgehead atoms. The van der Waals surface area contributed by atoms with Crippen LogP contribution in [0, 0.1) is 0 Å². The van der Waals surface area contributed by atoms with Crippen LogP contribution in [0.2, 0.25) is 5.02 Å². The predicted molar refractivity (Wildman–Crippen MR) is 94.6 cm³/mol. The van der Waals surface area contributed by atoms with Gasteiger partial charge in [-0.25, -0.2) is 0 Å². The molecule has 0 radical (unpaired) electrons. The van der Waals surface area contributed by atoms with Crippen LogP contribution in [0.15, 0.2) is 36.4 Å². The zero-order valence-corrected chi connectivity index (χ0v) is 14.7. The molecule has 1 atom stereocenters. The van der Waals surface area contributed by atoms with Crippen LogP contribution in [-0.2, 0) is 4.79 Å². The molecule has 26 heavy (non-hydrogen) atoms. The molecular formula is C18H17ClN2O5. The van der Waals surface area contributed by atoms with Gasteiger partial charge in [-0.3, -0.25) is 9.59 Å². The monoisotopic (exact) mass is 376 g/mol. The molecule has 1 aliphatic rings. The van der Waals surface area contributed by atoms with Gasteiger partial charge in [0.25, 0.3) is 11.8 Å². The van der Waals surface area contributed by atoms with Gasteiger partial charge < -0.3 is 25.3 Å². The van der Waals surface area contributed by atoms with Crippen LogP contribution in [0.25, 0.3) is 0 Å². The van der Waals surface area contributed by atoms with Gasteiger partial charge in [-0.1, -0.05) is 17.7 Å². The standard InChI is InChI=1S/C18H17ClN2O5/c1-10(11-2-4-15-16(6-11)26-9-25-15)21-17(22)8-24-14-5-3-12(19)7-13(14)18(20)23/h2-7,10H,8-9H2,1H3,(H2,20,23)(H,21,22). The van der Waals surface area contributed by atoms with Crippen LogP contribution < -0.4 is 25.3 Å². The molecule has 1 heterocycles. The van der Waals surface area contributed by atoms with Crippen molar-refractivity contribution in [3.8, 4) is 17.2 Å². The quantitative estimate of drug-likeness (QED) is 0.806. The Labute approximate surface area is 155 Å². The van der Waals surface area contributed by atoms with Gasteiger partial charge in [0.15, 0.2) is 18.1 Å². The van der Waals surface area contributed by atoms with E-state index in [4.69, 9.17) is 31.5 Å². The molecule has 0 aliphatic carbocycles. The lowest BCUT2D eigenvalue weighted by Gasteiger charge is -2.16. The minimum Gasteiger partial charge on any atom is -0.483 e. The number of primary amides is 1. The van der Waals surface area contributed by atoms with E-state index in [2.05, 4.69) is 5.32 Å². The Hall–Kier alpha value is -2.93. The number of benzene rings is 2. The number of nitrogens with two attached hydrogens (primary N) is 1.